The number of fused-ring (bicyclic) bond motifs is 3. The molecule has 1 aromatic carbocycles. The van der Waals surface area contributed by atoms with Gasteiger partial charge in [-0.2, -0.15) is 0 Å². The number of amidine groups is 1. The number of allylic oxidation sites excluding steroid dienone is 2. The molecule has 0 amide bonds. The van der Waals surface area contributed by atoms with E-state index >= 15 is 0 Å². The van der Waals surface area contributed by atoms with Crippen molar-refractivity contribution in [2.75, 3.05) is 20.7 Å². The van der Waals surface area contributed by atoms with E-state index in [0.29, 0.717) is 21.6 Å². The van der Waals surface area contributed by atoms with E-state index in [0.717, 1.165) is 48.8 Å². The molecular formula is C20H23Cl3N2O2. The van der Waals surface area contributed by atoms with Crippen LogP contribution >= 0.6 is 35.6 Å². The topological polar surface area (TPSA) is 53.4 Å². The molecule has 3 aliphatic rings. The van der Waals surface area contributed by atoms with Crippen LogP contribution in [0.4, 0.5) is 0 Å². The van der Waals surface area contributed by atoms with Gasteiger partial charge in [-0.3, -0.25) is 10.2 Å². The van der Waals surface area contributed by atoms with Crippen molar-refractivity contribution in [3.05, 3.63) is 33.3 Å². The maximum Gasteiger partial charge on any atom is 0.159 e. The van der Waals surface area contributed by atoms with E-state index in [4.69, 9.17) is 33.3 Å². The highest BCUT2D eigenvalue weighted by Crippen LogP contribution is 2.61. The molecule has 146 valence electrons. The van der Waals surface area contributed by atoms with E-state index in [2.05, 4.69) is 0 Å². The third-order valence-electron chi connectivity index (χ3n) is 6.06. The summed E-state index contributed by atoms with van der Waals surface area (Å²) >= 11 is 13.1. The zero-order valence-electron chi connectivity index (χ0n) is 15.4. The third-order valence-corrected chi connectivity index (χ3v) is 6.91. The minimum atomic E-state index is 0. The second-order valence-electron chi connectivity index (χ2n) is 7.88. The number of benzene rings is 1. The van der Waals surface area contributed by atoms with Gasteiger partial charge in [0.15, 0.2) is 5.78 Å². The van der Waals surface area contributed by atoms with Crippen molar-refractivity contribution >= 4 is 52.8 Å². The monoisotopic (exact) mass is 428 g/mol. The quantitative estimate of drug-likeness (QED) is 0.541. The van der Waals surface area contributed by atoms with Crippen LogP contribution in [0.15, 0.2) is 12.1 Å². The number of rotatable bonds is 3. The minimum absolute atomic E-state index is 0. The first kappa shape index (κ1) is 20.5. The van der Waals surface area contributed by atoms with Crippen molar-refractivity contribution in [2.45, 2.75) is 32.1 Å². The van der Waals surface area contributed by atoms with Crippen LogP contribution in [0.3, 0.4) is 0 Å². The first-order valence-electron chi connectivity index (χ1n) is 8.97. The Morgan fingerprint density at radius 1 is 1.37 bits per heavy atom. The van der Waals surface area contributed by atoms with E-state index in [-0.39, 0.29) is 36.1 Å². The lowest BCUT2D eigenvalue weighted by Crippen LogP contribution is -2.35. The molecule has 1 saturated carbocycles. The molecule has 0 radical (unpaired) electrons. The van der Waals surface area contributed by atoms with E-state index < -0.39 is 0 Å². The molecule has 2 bridgehead atoms. The molecule has 2 atom stereocenters. The number of carbonyl (C=O) groups is 1. The first-order chi connectivity index (χ1) is 12.3. The Kier molecular flexibility index (Phi) is 5.55. The molecule has 4 nitrogen and oxygen atoms in total. The Balaban J connectivity index is 0.00000210. The molecule has 1 spiro atoms. The van der Waals surface area contributed by atoms with Crippen LogP contribution in [0.5, 0.6) is 5.75 Å². The van der Waals surface area contributed by atoms with Crippen molar-refractivity contribution in [3.63, 3.8) is 0 Å². The molecule has 3 aliphatic carbocycles. The Morgan fingerprint density at radius 3 is 2.81 bits per heavy atom. The predicted molar refractivity (Wildman–Crippen MR) is 112 cm³/mol. The zero-order valence-corrected chi connectivity index (χ0v) is 17.7. The number of hydrogen-bond donors (Lipinski definition) is 1. The van der Waals surface area contributed by atoms with Gasteiger partial charge in [-0.1, -0.05) is 29.6 Å². The molecule has 27 heavy (non-hydrogen) atoms. The number of nitrogens with one attached hydrogen (secondary N) is 1. The second-order valence-corrected chi connectivity index (χ2v) is 8.63. The molecule has 1 fully saturated rings. The summed E-state index contributed by atoms with van der Waals surface area (Å²) < 4.78 is 5.77. The highest BCUT2D eigenvalue weighted by molar-refractivity contribution is 6.44. The summed E-state index contributed by atoms with van der Waals surface area (Å²) in [6.45, 7) is 0.135. The van der Waals surface area contributed by atoms with Gasteiger partial charge in [-0.25, -0.2) is 0 Å². The average molecular weight is 430 g/mol. The fourth-order valence-electron chi connectivity index (χ4n) is 4.68. The van der Waals surface area contributed by atoms with Crippen molar-refractivity contribution in [2.24, 2.45) is 11.3 Å². The van der Waals surface area contributed by atoms with Crippen LogP contribution in [0.25, 0.3) is 5.57 Å². The highest BCUT2D eigenvalue weighted by atomic mass is 35.5. The van der Waals surface area contributed by atoms with Gasteiger partial charge < -0.3 is 9.64 Å². The number of ether oxygens (including phenoxy) is 1. The van der Waals surface area contributed by atoms with Crippen LogP contribution in [0, 0.1) is 16.7 Å². The summed E-state index contributed by atoms with van der Waals surface area (Å²) in [7, 11) is 3.60. The molecule has 4 rings (SSSR count). The van der Waals surface area contributed by atoms with E-state index in [1.165, 1.54) is 0 Å². The largest absolute Gasteiger partial charge is 0.484 e. The minimum Gasteiger partial charge on any atom is -0.484 e. The van der Waals surface area contributed by atoms with Gasteiger partial charge in [0.2, 0.25) is 0 Å². The molecule has 1 aromatic rings. The number of hydrogen-bond acceptors (Lipinski definition) is 3. The lowest BCUT2D eigenvalue weighted by Gasteiger charge is -2.42. The van der Waals surface area contributed by atoms with Crippen molar-refractivity contribution in [1.82, 2.24) is 4.90 Å². The Morgan fingerprint density at radius 2 is 2.11 bits per heavy atom. The van der Waals surface area contributed by atoms with Crippen LogP contribution < -0.4 is 4.74 Å². The lowest BCUT2D eigenvalue weighted by molar-refractivity contribution is -0.120. The normalized spacial score (nSPS) is 25.1. The fraction of sp³-hybridized carbons (Fsp3) is 0.500. The number of likely N-dealkylation sites (N-methyl/N-ethyl adjacent to an activating group) is 1. The molecule has 0 saturated heterocycles. The maximum atomic E-state index is 12.5. The zero-order chi connectivity index (χ0) is 18.6. The van der Waals surface area contributed by atoms with Crippen LogP contribution in [0.2, 0.25) is 10.0 Å². The number of nitrogens with zero attached hydrogens (tertiary/aromatic N) is 1. The van der Waals surface area contributed by atoms with Crippen molar-refractivity contribution in [1.29, 1.82) is 5.41 Å². The smallest absolute Gasteiger partial charge is 0.159 e. The van der Waals surface area contributed by atoms with Gasteiger partial charge in [0, 0.05) is 31.0 Å². The SMILES string of the molecule is CN(C)C(=N)COc1cc2c(c(Cl)c1Cl)C1=CC(=O)C3CCCC1(C2)C3.Cl. The number of ketones is 1. The third kappa shape index (κ3) is 3.26. The summed E-state index contributed by atoms with van der Waals surface area (Å²) in [5.41, 5.74) is 3.14. The van der Waals surface area contributed by atoms with Gasteiger partial charge in [0.1, 0.15) is 23.2 Å². The van der Waals surface area contributed by atoms with Crippen molar-refractivity contribution in [3.8, 4) is 5.75 Å². The van der Waals surface area contributed by atoms with E-state index in [1.807, 2.05) is 12.1 Å². The second kappa shape index (κ2) is 7.31. The molecule has 1 N–H and O–H groups in total. The lowest BCUT2D eigenvalue weighted by atomic mass is 9.61. The summed E-state index contributed by atoms with van der Waals surface area (Å²) in [6.07, 6.45) is 6.79. The Hall–Kier alpha value is -1.23. The van der Waals surface area contributed by atoms with Gasteiger partial charge in [-0.05, 0) is 49.0 Å². The van der Waals surface area contributed by atoms with E-state index in [9.17, 15) is 4.79 Å². The highest BCUT2D eigenvalue weighted by Gasteiger charge is 2.50. The summed E-state index contributed by atoms with van der Waals surface area (Å²) in [5, 5.41) is 8.72. The van der Waals surface area contributed by atoms with Crippen LogP contribution in [-0.4, -0.2) is 37.2 Å². The summed E-state index contributed by atoms with van der Waals surface area (Å²) in [6, 6.07) is 1.95. The Bertz CT molecular complexity index is 850. The first-order valence-corrected chi connectivity index (χ1v) is 9.73. The fourth-order valence-corrected chi connectivity index (χ4v) is 5.20. The average Bonchev–Trinajstić information content (AvgIpc) is 2.89. The van der Waals surface area contributed by atoms with Gasteiger partial charge >= 0.3 is 0 Å². The molecular weight excluding hydrogens is 407 g/mol. The standard InChI is InChI=1S/C20H22Cl2N2O2.ClH/c1-24(2)16(23)10-26-15-6-12-9-20-5-3-4-11(8-20)14(25)7-13(20)17(12)19(22)18(15)21;/h6-7,11,23H,3-5,8-10H2,1-2H3;1H. The molecule has 0 aliphatic heterocycles. The van der Waals surface area contributed by atoms with Gasteiger partial charge in [0.25, 0.3) is 0 Å². The predicted octanol–water partition coefficient (Wildman–Crippen LogP) is 5.03. The van der Waals surface area contributed by atoms with Gasteiger partial charge in [-0.15, -0.1) is 12.4 Å². The number of halogens is 3. The summed E-state index contributed by atoms with van der Waals surface area (Å²) in [4.78, 5) is 14.1. The molecule has 0 aromatic heterocycles. The molecule has 0 heterocycles. The van der Waals surface area contributed by atoms with Crippen LogP contribution in [0.1, 0.15) is 36.8 Å². The van der Waals surface area contributed by atoms with Crippen LogP contribution in [-0.2, 0) is 11.2 Å². The van der Waals surface area contributed by atoms with E-state index in [1.54, 1.807) is 19.0 Å². The Labute approximate surface area is 175 Å². The maximum absolute atomic E-state index is 12.5. The molecule has 7 heteroatoms. The number of carbonyl (C=O) groups excluding carboxylic acids is 1. The van der Waals surface area contributed by atoms with Gasteiger partial charge in [0.05, 0.1) is 5.02 Å². The van der Waals surface area contributed by atoms with Crippen molar-refractivity contribution < 1.29 is 9.53 Å². The summed E-state index contributed by atoms with van der Waals surface area (Å²) in [5.74, 6) is 1.26. The molecule has 2 unspecified atom stereocenters.